The Hall–Kier alpha value is -0.800. The Labute approximate surface area is 111 Å². The lowest BCUT2D eigenvalue weighted by molar-refractivity contribution is -0.112. The van der Waals surface area contributed by atoms with Crippen LogP contribution in [0.1, 0.15) is 44.9 Å². The maximum atomic E-state index is 12.3. The van der Waals surface area contributed by atoms with Gasteiger partial charge in [0.25, 0.3) is 0 Å². The van der Waals surface area contributed by atoms with Crippen LogP contribution in [0, 0.1) is 0 Å². The molecule has 1 saturated heterocycles. The molecule has 0 radical (unpaired) electrons. The van der Waals surface area contributed by atoms with Crippen LogP contribution >= 0.6 is 10.3 Å². The van der Waals surface area contributed by atoms with Gasteiger partial charge < -0.3 is 4.55 Å². The molecule has 18 heavy (non-hydrogen) atoms. The highest BCUT2D eigenvalue weighted by Crippen LogP contribution is 2.54. The summed E-state index contributed by atoms with van der Waals surface area (Å²) in [7, 11) is -2.24. The first-order valence-electron chi connectivity index (χ1n) is 6.85. The van der Waals surface area contributed by atoms with Crippen molar-refractivity contribution in [2.45, 2.75) is 49.8 Å². The van der Waals surface area contributed by atoms with Crippen LogP contribution < -0.4 is 0 Å². The van der Waals surface area contributed by atoms with Gasteiger partial charge in [-0.1, -0.05) is 54.2 Å². The standard InChI is InChI=1S/C15H22O2S/c16-15-12-8-3-1-2-4-9-13-18(15,17)14-10-6-5-7-11-14/h5-7,10-11,17H,1-4,8-9,12-13H2. The molecular formula is C15H22O2S. The third-order valence-corrected chi connectivity index (χ3v) is 6.47. The number of benzene rings is 1. The first-order valence-corrected chi connectivity index (χ1v) is 8.61. The molecule has 1 N–H and O–H groups in total. The van der Waals surface area contributed by atoms with Gasteiger partial charge >= 0.3 is 0 Å². The third kappa shape index (κ3) is 3.15. The van der Waals surface area contributed by atoms with Crippen molar-refractivity contribution in [1.82, 2.24) is 0 Å². The van der Waals surface area contributed by atoms with E-state index in [1.165, 1.54) is 12.8 Å². The summed E-state index contributed by atoms with van der Waals surface area (Å²) in [4.78, 5) is 13.2. The molecule has 2 rings (SSSR count). The summed E-state index contributed by atoms with van der Waals surface area (Å²) in [6.07, 6.45) is 7.16. The molecule has 0 saturated carbocycles. The Balaban J connectivity index is 2.21. The molecule has 0 aliphatic carbocycles. The molecule has 1 aromatic rings. The van der Waals surface area contributed by atoms with E-state index >= 15 is 0 Å². The van der Waals surface area contributed by atoms with E-state index in [1.807, 2.05) is 30.3 Å². The quantitative estimate of drug-likeness (QED) is 0.807. The number of carbonyl (C=O) groups is 1. The molecule has 1 aliphatic rings. The maximum absolute atomic E-state index is 12.3. The predicted molar refractivity (Wildman–Crippen MR) is 77.1 cm³/mol. The van der Waals surface area contributed by atoms with Gasteiger partial charge in [-0.15, -0.1) is 0 Å². The Morgan fingerprint density at radius 2 is 1.50 bits per heavy atom. The van der Waals surface area contributed by atoms with Gasteiger partial charge in [-0.05, 0) is 25.0 Å². The largest absolute Gasteiger partial charge is 0.340 e. The smallest absolute Gasteiger partial charge is 0.197 e. The molecule has 0 spiro atoms. The number of hydrogen-bond donors (Lipinski definition) is 1. The van der Waals surface area contributed by atoms with Gasteiger partial charge in [0.05, 0.1) is 0 Å². The lowest BCUT2D eigenvalue weighted by Crippen LogP contribution is -2.16. The van der Waals surface area contributed by atoms with E-state index in [1.54, 1.807) is 0 Å². The van der Waals surface area contributed by atoms with Gasteiger partial charge in [-0.25, -0.2) is 0 Å². The van der Waals surface area contributed by atoms with Gasteiger partial charge in [0.2, 0.25) is 0 Å². The third-order valence-electron chi connectivity index (χ3n) is 3.58. The van der Waals surface area contributed by atoms with E-state index in [2.05, 4.69) is 0 Å². The highest BCUT2D eigenvalue weighted by Gasteiger charge is 2.31. The summed E-state index contributed by atoms with van der Waals surface area (Å²) in [6.45, 7) is 0. The fourth-order valence-corrected chi connectivity index (χ4v) is 4.90. The average Bonchev–Trinajstić information content (AvgIpc) is 2.42. The van der Waals surface area contributed by atoms with E-state index in [-0.39, 0.29) is 5.12 Å². The number of rotatable bonds is 1. The summed E-state index contributed by atoms with van der Waals surface area (Å²) >= 11 is 0. The number of carbonyl (C=O) groups excluding carboxylic acids is 1. The minimum atomic E-state index is -2.24. The maximum Gasteiger partial charge on any atom is 0.197 e. The van der Waals surface area contributed by atoms with Crippen LogP contribution in [0.5, 0.6) is 0 Å². The van der Waals surface area contributed by atoms with Crippen molar-refractivity contribution in [3.63, 3.8) is 0 Å². The van der Waals surface area contributed by atoms with Crippen LogP contribution in [0.25, 0.3) is 0 Å². The molecule has 0 aromatic heterocycles. The van der Waals surface area contributed by atoms with Crippen molar-refractivity contribution in [1.29, 1.82) is 0 Å². The van der Waals surface area contributed by atoms with Crippen LogP contribution in [0.15, 0.2) is 35.2 Å². The zero-order valence-corrected chi connectivity index (χ0v) is 11.6. The second-order valence-electron chi connectivity index (χ2n) is 4.96. The molecule has 2 nitrogen and oxygen atoms in total. The zero-order valence-electron chi connectivity index (χ0n) is 10.8. The Bertz CT molecular complexity index is 391. The molecule has 0 bridgehead atoms. The Morgan fingerprint density at radius 3 is 2.22 bits per heavy atom. The van der Waals surface area contributed by atoms with Gasteiger partial charge in [0.15, 0.2) is 5.12 Å². The van der Waals surface area contributed by atoms with Gasteiger partial charge in [-0.2, -0.15) is 0 Å². The molecule has 1 heterocycles. The summed E-state index contributed by atoms with van der Waals surface area (Å²) < 4.78 is 10.9. The number of hydrogen-bond acceptors (Lipinski definition) is 2. The van der Waals surface area contributed by atoms with E-state index in [9.17, 15) is 9.35 Å². The first kappa shape index (κ1) is 13.6. The van der Waals surface area contributed by atoms with Crippen molar-refractivity contribution in [2.75, 3.05) is 5.75 Å². The molecule has 1 aliphatic heterocycles. The van der Waals surface area contributed by atoms with Crippen molar-refractivity contribution in [3.05, 3.63) is 30.3 Å². The Morgan fingerprint density at radius 1 is 0.889 bits per heavy atom. The summed E-state index contributed by atoms with van der Waals surface area (Å²) in [6, 6.07) is 9.55. The van der Waals surface area contributed by atoms with Gasteiger partial charge in [0, 0.05) is 17.1 Å². The van der Waals surface area contributed by atoms with Crippen LogP contribution in [0.3, 0.4) is 0 Å². The summed E-state index contributed by atoms with van der Waals surface area (Å²) in [5.74, 6) is 0.649. The normalized spacial score (nSPS) is 30.4. The average molecular weight is 266 g/mol. The van der Waals surface area contributed by atoms with E-state index < -0.39 is 10.3 Å². The predicted octanol–water partition coefficient (Wildman–Crippen LogP) is 4.59. The molecule has 3 heteroatoms. The van der Waals surface area contributed by atoms with Crippen LogP contribution in [0.2, 0.25) is 0 Å². The zero-order chi connectivity index (χ0) is 12.8. The van der Waals surface area contributed by atoms with Crippen LogP contribution in [-0.4, -0.2) is 15.4 Å². The van der Waals surface area contributed by atoms with E-state index in [4.69, 9.17) is 0 Å². The van der Waals surface area contributed by atoms with Crippen molar-refractivity contribution in [2.24, 2.45) is 0 Å². The van der Waals surface area contributed by atoms with Crippen molar-refractivity contribution < 1.29 is 9.35 Å². The molecule has 1 atom stereocenters. The van der Waals surface area contributed by atoms with E-state index in [0.29, 0.717) is 12.2 Å². The van der Waals surface area contributed by atoms with Crippen LogP contribution in [0.4, 0.5) is 0 Å². The van der Waals surface area contributed by atoms with Gasteiger partial charge in [0.1, 0.15) is 0 Å². The fraction of sp³-hybridized carbons (Fsp3) is 0.533. The topological polar surface area (TPSA) is 37.3 Å². The van der Waals surface area contributed by atoms with Crippen molar-refractivity contribution in [3.8, 4) is 0 Å². The molecule has 1 unspecified atom stereocenters. The minimum absolute atomic E-state index is 0.0793. The van der Waals surface area contributed by atoms with Crippen molar-refractivity contribution >= 4 is 15.4 Å². The molecular weight excluding hydrogens is 244 g/mol. The molecule has 1 aromatic carbocycles. The molecule has 1 fully saturated rings. The lowest BCUT2D eigenvalue weighted by Gasteiger charge is -2.33. The molecule has 0 amide bonds. The minimum Gasteiger partial charge on any atom is -0.340 e. The second-order valence-corrected chi connectivity index (χ2v) is 7.70. The van der Waals surface area contributed by atoms with E-state index in [0.717, 1.165) is 30.6 Å². The lowest BCUT2D eigenvalue weighted by atomic mass is 10.1. The fourth-order valence-electron chi connectivity index (χ4n) is 2.46. The highest BCUT2D eigenvalue weighted by molar-refractivity contribution is 8.41. The monoisotopic (exact) mass is 266 g/mol. The van der Waals surface area contributed by atoms with Gasteiger partial charge in [-0.3, -0.25) is 4.79 Å². The Kier molecular flexibility index (Phi) is 4.84. The second kappa shape index (κ2) is 6.39. The molecule has 100 valence electrons. The summed E-state index contributed by atoms with van der Waals surface area (Å²) in [5, 5.41) is 0.0793. The van der Waals surface area contributed by atoms with Crippen LogP contribution in [-0.2, 0) is 4.79 Å². The highest BCUT2D eigenvalue weighted by atomic mass is 32.3. The summed E-state index contributed by atoms with van der Waals surface area (Å²) in [5.41, 5.74) is 0. The first-order chi connectivity index (χ1) is 8.73. The SMILES string of the molecule is O=C1CCCCCCCCS1(O)c1ccccc1.